The second kappa shape index (κ2) is 5.53. The number of carbonyl (C=O) groups excluding carboxylic acids is 1. The fourth-order valence-electron chi connectivity index (χ4n) is 0.389. The molecule has 0 aliphatic rings. The summed E-state index contributed by atoms with van der Waals surface area (Å²) in [5, 5.41) is 8.21. The lowest BCUT2D eigenvalue weighted by Gasteiger charge is -2.00. The maximum Gasteiger partial charge on any atom is 0.233 e. The molecule has 0 aliphatic carbocycles. The summed E-state index contributed by atoms with van der Waals surface area (Å²) in [7, 11) is 3.43. The minimum Gasteiger partial charge on any atom is -0.358 e. The van der Waals surface area contributed by atoms with Crippen LogP contribution in [0.25, 0.3) is 0 Å². The van der Waals surface area contributed by atoms with Gasteiger partial charge in [0, 0.05) is 13.7 Å². The van der Waals surface area contributed by atoms with Gasteiger partial charge in [0.1, 0.15) is 0 Å². The van der Waals surface area contributed by atoms with Crippen molar-refractivity contribution < 1.29 is 4.79 Å². The average Bonchev–Trinajstić information content (AvgIpc) is 1.89. The van der Waals surface area contributed by atoms with Crippen LogP contribution >= 0.6 is 0 Å². The van der Waals surface area contributed by atoms with E-state index >= 15 is 0 Å². The molecular formula is C5H13N3O. The Morgan fingerprint density at radius 2 is 2.11 bits per heavy atom. The third kappa shape index (κ3) is 5.26. The highest BCUT2D eigenvalue weighted by atomic mass is 16.1. The third-order valence-corrected chi connectivity index (χ3v) is 0.866. The summed E-state index contributed by atoms with van der Waals surface area (Å²) in [4.78, 5) is 10.5. The molecule has 4 nitrogen and oxygen atoms in total. The Hall–Kier alpha value is -0.610. The highest BCUT2D eigenvalue weighted by Crippen LogP contribution is 1.56. The first-order valence-corrected chi connectivity index (χ1v) is 2.87. The lowest BCUT2D eigenvalue weighted by molar-refractivity contribution is -0.119. The zero-order chi connectivity index (χ0) is 7.11. The number of amides is 1. The minimum atomic E-state index is 0.00486. The van der Waals surface area contributed by atoms with E-state index in [0.717, 1.165) is 0 Å². The van der Waals surface area contributed by atoms with E-state index in [4.69, 9.17) is 0 Å². The van der Waals surface area contributed by atoms with Gasteiger partial charge in [0.2, 0.25) is 5.91 Å². The number of rotatable bonds is 4. The number of likely N-dealkylation sites (N-methyl/N-ethyl adjacent to an activating group) is 1. The number of hydrogen-bond acceptors (Lipinski definition) is 3. The van der Waals surface area contributed by atoms with E-state index in [1.807, 2.05) is 7.05 Å². The predicted octanol–water partition coefficient (Wildman–Crippen LogP) is -1.50. The molecule has 3 N–H and O–H groups in total. The van der Waals surface area contributed by atoms with Gasteiger partial charge in [-0.1, -0.05) is 0 Å². The Labute approximate surface area is 55.0 Å². The van der Waals surface area contributed by atoms with Crippen LogP contribution in [-0.4, -0.2) is 33.2 Å². The third-order valence-electron chi connectivity index (χ3n) is 0.866. The number of carbonyl (C=O) groups is 1. The van der Waals surface area contributed by atoms with E-state index in [1.54, 1.807) is 7.05 Å². The van der Waals surface area contributed by atoms with Gasteiger partial charge in [-0.05, 0) is 7.05 Å². The van der Waals surface area contributed by atoms with Crippen molar-refractivity contribution in [2.75, 3.05) is 27.3 Å². The molecule has 0 atom stereocenters. The Morgan fingerprint density at radius 3 is 2.56 bits per heavy atom. The summed E-state index contributed by atoms with van der Waals surface area (Å²) in [5.41, 5.74) is 0. The van der Waals surface area contributed by atoms with Crippen molar-refractivity contribution >= 4 is 5.91 Å². The first-order chi connectivity index (χ1) is 4.31. The molecule has 0 rings (SSSR count). The molecule has 9 heavy (non-hydrogen) atoms. The lowest BCUT2D eigenvalue weighted by atomic mass is 10.6. The van der Waals surface area contributed by atoms with E-state index in [0.29, 0.717) is 13.2 Å². The Balaban J connectivity index is 2.97. The van der Waals surface area contributed by atoms with Crippen LogP contribution in [0.1, 0.15) is 0 Å². The average molecular weight is 131 g/mol. The fourth-order valence-corrected chi connectivity index (χ4v) is 0.389. The quantitative estimate of drug-likeness (QED) is 0.321. The molecule has 0 saturated heterocycles. The first kappa shape index (κ1) is 8.39. The Bertz CT molecular complexity index is 84.3. The molecule has 0 aromatic heterocycles. The zero-order valence-corrected chi connectivity index (χ0v) is 5.82. The molecule has 0 fully saturated rings. The second-order valence-electron chi connectivity index (χ2n) is 1.63. The second-order valence-corrected chi connectivity index (χ2v) is 1.63. The van der Waals surface area contributed by atoms with Gasteiger partial charge in [-0.2, -0.15) is 0 Å². The minimum absolute atomic E-state index is 0.00486. The van der Waals surface area contributed by atoms with Crippen LogP contribution in [-0.2, 0) is 4.79 Å². The SMILES string of the molecule is CNCNCC(=O)NC. The van der Waals surface area contributed by atoms with Gasteiger partial charge >= 0.3 is 0 Å². The number of nitrogens with one attached hydrogen (secondary N) is 3. The van der Waals surface area contributed by atoms with Crippen LogP contribution in [0.15, 0.2) is 0 Å². The summed E-state index contributed by atoms with van der Waals surface area (Å²) in [6.07, 6.45) is 0. The van der Waals surface area contributed by atoms with Gasteiger partial charge in [-0.25, -0.2) is 0 Å². The van der Waals surface area contributed by atoms with Crippen molar-refractivity contribution in [3.8, 4) is 0 Å². The van der Waals surface area contributed by atoms with Gasteiger partial charge in [0.25, 0.3) is 0 Å². The molecule has 0 saturated carbocycles. The van der Waals surface area contributed by atoms with Crippen molar-refractivity contribution in [3.63, 3.8) is 0 Å². The van der Waals surface area contributed by atoms with Gasteiger partial charge in [0.05, 0.1) is 6.54 Å². The maximum atomic E-state index is 10.5. The van der Waals surface area contributed by atoms with Crippen molar-refractivity contribution in [1.29, 1.82) is 0 Å². The Morgan fingerprint density at radius 1 is 1.44 bits per heavy atom. The molecule has 0 unspecified atom stereocenters. The normalized spacial score (nSPS) is 9.11. The number of hydrogen-bond donors (Lipinski definition) is 3. The summed E-state index contributed by atoms with van der Waals surface area (Å²) in [5.74, 6) is 0.00486. The molecule has 0 radical (unpaired) electrons. The van der Waals surface area contributed by atoms with Crippen molar-refractivity contribution in [2.24, 2.45) is 0 Å². The van der Waals surface area contributed by atoms with Crippen molar-refractivity contribution in [2.45, 2.75) is 0 Å². The standard InChI is InChI=1S/C5H13N3O/c1-6-4-8-3-5(9)7-2/h6,8H,3-4H2,1-2H3,(H,7,9). The zero-order valence-electron chi connectivity index (χ0n) is 5.82. The summed E-state index contributed by atoms with van der Waals surface area (Å²) >= 11 is 0. The molecule has 1 amide bonds. The van der Waals surface area contributed by atoms with E-state index in [1.165, 1.54) is 0 Å². The lowest BCUT2D eigenvalue weighted by Crippen LogP contribution is -2.35. The van der Waals surface area contributed by atoms with Crippen molar-refractivity contribution in [3.05, 3.63) is 0 Å². The fraction of sp³-hybridized carbons (Fsp3) is 0.800. The van der Waals surface area contributed by atoms with E-state index in [9.17, 15) is 4.79 Å². The molecule has 0 aromatic carbocycles. The van der Waals surface area contributed by atoms with Crippen LogP contribution in [0.4, 0.5) is 0 Å². The van der Waals surface area contributed by atoms with Gasteiger partial charge in [-0.3, -0.25) is 10.1 Å². The molecule has 0 spiro atoms. The van der Waals surface area contributed by atoms with Crippen LogP contribution < -0.4 is 16.0 Å². The summed E-state index contributed by atoms with van der Waals surface area (Å²) in [6, 6.07) is 0. The van der Waals surface area contributed by atoms with Gasteiger partial charge in [0.15, 0.2) is 0 Å². The molecule has 54 valence electrons. The molecule has 0 aromatic rings. The van der Waals surface area contributed by atoms with Crippen LogP contribution in [0.2, 0.25) is 0 Å². The van der Waals surface area contributed by atoms with Crippen molar-refractivity contribution in [1.82, 2.24) is 16.0 Å². The topological polar surface area (TPSA) is 53.2 Å². The van der Waals surface area contributed by atoms with E-state index < -0.39 is 0 Å². The summed E-state index contributed by atoms with van der Waals surface area (Å²) in [6.45, 7) is 1.03. The van der Waals surface area contributed by atoms with Crippen LogP contribution in [0, 0.1) is 0 Å². The first-order valence-electron chi connectivity index (χ1n) is 2.87. The van der Waals surface area contributed by atoms with Gasteiger partial charge < -0.3 is 10.6 Å². The maximum absolute atomic E-state index is 10.5. The Kier molecular flexibility index (Phi) is 5.15. The highest BCUT2D eigenvalue weighted by molar-refractivity contribution is 5.77. The highest BCUT2D eigenvalue weighted by Gasteiger charge is 1.92. The summed E-state index contributed by atoms with van der Waals surface area (Å²) < 4.78 is 0. The van der Waals surface area contributed by atoms with E-state index in [2.05, 4.69) is 16.0 Å². The molecular weight excluding hydrogens is 118 g/mol. The smallest absolute Gasteiger partial charge is 0.233 e. The van der Waals surface area contributed by atoms with Gasteiger partial charge in [-0.15, -0.1) is 0 Å². The molecule has 0 bridgehead atoms. The van der Waals surface area contributed by atoms with Crippen LogP contribution in [0.3, 0.4) is 0 Å². The monoisotopic (exact) mass is 131 g/mol. The molecule has 4 heteroatoms. The molecule has 0 aliphatic heterocycles. The predicted molar refractivity (Wildman–Crippen MR) is 36.0 cm³/mol. The van der Waals surface area contributed by atoms with E-state index in [-0.39, 0.29) is 5.91 Å². The largest absolute Gasteiger partial charge is 0.358 e. The molecule has 0 heterocycles. The van der Waals surface area contributed by atoms with Crippen LogP contribution in [0.5, 0.6) is 0 Å².